The molecule has 10 nitrogen and oxygen atoms in total. The zero-order valence-electron chi connectivity index (χ0n) is 8.77. The first-order chi connectivity index (χ1) is 8.95. The van der Waals surface area contributed by atoms with Gasteiger partial charge in [-0.15, -0.1) is 0 Å². The molecule has 0 aliphatic carbocycles. The van der Waals surface area contributed by atoms with Crippen molar-refractivity contribution in [3.8, 4) is 0 Å². The Balaban J connectivity index is 3.06. The standard InChI is InChI=1S/C8HFN6O4/c9-2-1-3-5(12-8(17)7(16)11-3)6(15(18)19)4(2)13-14-10/h1H. The van der Waals surface area contributed by atoms with Gasteiger partial charge in [0.2, 0.25) is 0 Å². The lowest BCUT2D eigenvalue weighted by atomic mass is 10.2. The molecule has 1 aromatic rings. The zero-order valence-corrected chi connectivity index (χ0v) is 8.77. The summed E-state index contributed by atoms with van der Waals surface area (Å²) in [5, 5.41) is 12.6. The Hall–Kier alpha value is -3.20. The van der Waals surface area contributed by atoms with Crippen molar-refractivity contribution in [3.63, 3.8) is 0 Å². The Bertz CT molecular complexity index is 810. The maximum absolute atomic E-state index is 13.5. The van der Waals surface area contributed by atoms with Crippen molar-refractivity contribution in [2.45, 2.75) is 0 Å². The SMILES string of the molecule is [N-]=[N+]=Nc1c(F)cc2c(c1[N+](=O)[O-])=NC(=O)C(=O)N=2. The van der Waals surface area contributed by atoms with E-state index in [1.165, 1.54) is 0 Å². The molecular formula is C8HFN6O4. The van der Waals surface area contributed by atoms with E-state index in [9.17, 15) is 24.1 Å². The van der Waals surface area contributed by atoms with Crippen molar-refractivity contribution in [1.29, 1.82) is 0 Å². The van der Waals surface area contributed by atoms with Gasteiger partial charge in [0.25, 0.3) is 0 Å². The second-order valence-corrected chi connectivity index (χ2v) is 3.20. The number of benzene rings is 1. The molecule has 0 saturated heterocycles. The number of halogens is 1. The Labute approximate surface area is 101 Å². The number of nitrogens with zero attached hydrogens (tertiary/aromatic N) is 6. The third kappa shape index (κ3) is 1.89. The summed E-state index contributed by atoms with van der Waals surface area (Å²) in [5.74, 6) is -3.84. The number of nitro benzene ring substituents is 1. The summed E-state index contributed by atoms with van der Waals surface area (Å²) in [7, 11) is 0. The van der Waals surface area contributed by atoms with Gasteiger partial charge in [0, 0.05) is 11.0 Å². The van der Waals surface area contributed by atoms with E-state index in [1.54, 1.807) is 0 Å². The van der Waals surface area contributed by atoms with Gasteiger partial charge in [-0.05, 0) is 5.53 Å². The van der Waals surface area contributed by atoms with Gasteiger partial charge in [-0.1, -0.05) is 5.11 Å². The largest absolute Gasteiger partial charge is 0.338 e. The van der Waals surface area contributed by atoms with Crippen LogP contribution in [0.1, 0.15) is 0 Å². The van der Waals surface area contributed by atoms with Crippen molar-refractivity contribution >= 4 is 23.2 Å². The predicted molar refractivity (Wildman–Crippen MR) is 54.2 cm³/mol. The highest BCUT2D eigenvalue weighted by Crippen LogP contribution is 2.25. The molecule has 0 fully saturated rings. The quantitative estimate of drug-likeness (QED) is 0.184. The van der Waals surface area contributed by atoms with Crippen LogP contribution in [-0.2, 0) is 9.59 Å². The summed E-state index contributed by atoms with van der Waals surface area (Å²) in [5.41, 5.74) is 6.30. The van der Waals surface area contributed by atoms with Crippen LogP contribution in [0.3, 0.4) is 0 Å². The van der Waals surface area contributed by atoms with Gasteiger partial charge >= 0.3 is 17.5 Å². The van der Waals surface area contributed by atoms with E-state index in [-0.39, 0.29) is 0 Å². The first-order valence-corrected chi connectivity index (χ1v) is 4.53. The Morgan fingerprint density at radius 2 is 2.00 bits per heavy atom. The van der Waals surface area contributed by atoms with Crippen LogP contribution < -0.4 is 10.7 Å². The van der Waals surface area contributed by atoms with Gasteiger partial charge in [-0.2, -0.15) is 4.99 Å². The molecule has 1 aliphatic rings. The van der Waals surface area contributed by atoms with Crippen molar-refractivity contribution in [2.75, 3.05) is 0 Å². The minimum absolute atomic E-state index is 0.467. The van der Waals surface area contributed by atoms with E-state index in [4.69, 9.17) is 5.53 Å². The third-order valence-corrected chi connectivity index (χ3v) is 2.13. The second kappa shape index (κ2) is 4.23. The van der Waals surface area contributed by atoms with E-state index < -0.39 is 44.6 Å². The lowest BCUT2D eigenvalue weighted by Gasteiger charge is -2.02. The molecule has 0 saturated carbocycles. The van der Waals surface area contributed by atoms with Crippen LogP contribution in [0.5, 0.6) is 0 Å². The topological polar surface area (TPSA) is 151 Å². The molecule has 0 aromatic heterocycles. The molecule has 0 atom stereocenters. The summed E-state index contributed by atoms with van der Waals surface area (Å²) in [6, 6.07) is 0.625. The van der Waals surface area contributed by atoms with E-state index in [1.807, 2.05) is 0 Å². The summed E-state index contributed by atoms with van der Waals surface area (Å²) in [6.45, 7) is 0. The summed E-state index contributed by atoms with van der Waals surface area (Å²) >= 11 is 0. The lowest BCUT2D eigenvalue weighted by Crippen LogP contribution is -2.36. The molecule has 1 heterocycles. The molecule has 11 heteroatoms. The molecule has 19 heavy (non-hydrogen) atoms. The van der Waals surface area contributed by atoms with Gasteiger partial charge in [0.05, 0.1) is 4.92 Å². The van der Waals surface area contributed by atoms with Crippen molar-refractivity contribution < 1.29 is 18.9 Å². The van der Waals surface area contributed by atoms with Crippen LogP contribution in [0.25, 0.3) is 10.4 Å². The minimum atomic E-state index is -1.32. The molecule has 0 unspecified atom stereocenters. The molecular weight excluding hydrogens is 263 g/mol. The number of hydrogen-bond acceptors (Lipinski definition) is 5. The average Bonchev–Trinajstić information content (AvgIpc) is 2.32. The van der Waals surface area contributed by atoms with Crippen LogP contribution in [0, 0.1) is 15.9 Å². The number of amides is 2. The first-order valence-electron chi connectivity index (χ1n) is 4.53. The van der Waals surface area contributed by atoms with Gasteiger partial charge in [0.15, 0.2) is 11.0 Å². The number of rotatable bonds is 2. The molecule has 2 rings (SSSR count). The number of fused-ring (bicyclic) bond motifs is 1. The summed E-state index contributed by atoms with van der Waals surface area (Å²) in [6.07, 6.45) is 0. The van der Waals surface area contributed by atoms with E-state index in [2.05, 4.69) is 20.0 Å². The maximum Gasteiger partial charge on any atom is 0.338 e. The molecule has 2 amide bonds. The summed E-state index contributed by atoms with van der Waals surface area (Å²) in [4.78, 5) is 40.4. The van der Waals surface area contributed by atoms with Crippen molar-refractivity contribution in [2.24, 2.45) is 15.1 Å². The van der Waals surface area contributed by atoms with E-state index in [0.717, 1.165) is 0 Å². The van der Waals surface area contributed by atoms with Gasteiger partial charge in [-0.3, -0.25) is 19.7 Å². The fraction of sp³-hybridized carbons (Fsp3) is 0. The van der Waals surface area contributed by atoms with Crippen LogP contribution in [0.4, 0.5) is 15.8 Å². The fourth-order valence-corrected chi connectivity index (χ4v) is 1.42. The van der Waals surface area contributed by atoms with Crippen molar-refractivity contribution in [1.82, 2.24) is 0 Å². The molecule has 0 N–H and O–H groups in total. The molecule has 94 valence electrons. The number of carbonyl (C=O) groups is 2. The van der Waals surface area contributed by atoms with Crippen LogP contribution in [0.15, 0.2) is 21.2 Å². The smallest absolute Gasteiger partial charge is 0.261 e. The second-order valence-electron chi connectivity index (χ2n) is 3.20. The van der Waals surface area contributed by atoms with E-state index >= 15 is 0 Å². The summed E-state index contributed by atoms with van der Waals surface area (Å²) < 4.78 is 13.5. The predicted octanol–water partition coefficient (Wildman–Crippen LogP) is -0.0183. The average molecular weight is 264 g/mol. The Morgan fingerprint density at radius 1 is 1.37 bits per heavy atom. The van der Waals surface area contributed by atoms with Gasteiger partial charge in [0.1, 0.15) is 11.2 Å². The molecule has 1 aliphatic heterocycles. The zero-order chi connectivity index (χ0) is 14.2. The Kier molecular flexibility index (Phi) is 2.73. The van der Waals surface area contributed by atoms with E-state index in [0.29, 0.717) is 6.07 Å². The maximum atomic E-state index is 13.5. The molecule has 0 spiro atoms. The van der Waals surface area contributed by atoms with Gasteiger partial charge in [-0.25, -0.2) is 9.38 Å². The highest BCUT2D eigenvalue weighted by Gasteiger charge is 2.27. The number of nitro groups is 1. The molecule has 1 aromatic carbocycles. The fourth-order valence-electron chi connectivity index (χ4n) is 1.42. The van der Waals surface area contributed by atoms with Gasteiger partial charge < -0.3 is 0 Å². The van der Waals surface area contributed by atoms with Crippen LogP contribution >= 0.6 is 0 Å². The third-order valence-electron chi connectivity index (χ3n) is 2.13. The van der Waals surface area contributed by atoms with Crippen molar-refractivity contribution in [3.05, 3.63) is 43.2 Å². The highest BCUT2D eigenvalue weighted by atomic mass is 19.1. The van der Waals surface area contributed by atoms with Crippen LogP contribution in [0.2, 0.25) is 0 Å². The highest BCUT2D eigenvalue weighted by molar-refractivity contribution is 6.36. The minimum Gasteiger partial charge on any atom is -0.261 e. The molecule has 0 bridgehead atoms. The first kappa shape index (κ1) is 12.3. The lowest BCUT2D eigenvalue weighted by molar-refractivity contribution is -0.385. The van der Waals surface area contributed by atoms with Crippen LogP contribution in [-0.4, -0.2) is 16.7 Å². The Morgan fingerprint density at radius 3 is 2.58 bits per heavy atom. The number of hydrogen-bond donors (Lipinski definition) is 0. The normalized spacial score (nSPS) is 12.9. The number of carbonyl (C=O) groups excluding carboxylic acids is 2. The monoisotopic (exact) mass is 264 g/mol. The molecule has 0 radical (unpaired) electrons. The number of azide groups is 1.